The van der Waals surface area contributed by atoms with Gasteiger partial charge in [0.25, 0.3) is 5.91 Å². The molecule has 0 radical (unpaired) electrons. The molecule has 1 amide bonds. The highest BCUT2D eigenvalue weighted by molar-refractivity contribution is 7.91. The van der Waals surface area contributed by atoms with Gasteiger partial charge in [0, 0.05) is 31.4 Å². The number of nitrogens with zero attached hydrogens (tertiary/aromatic N) is 5. The summed E-state index contributed by atoms with van der Waals surface area (Å²) in [7, 11) is -1.89. The molecule has 1 saturated heterocycles. The molecule has 0 N–H and O–H groups in total. The Balaban J connectivity index is 1.45. The monoisotopic (exact) mass is 629 g/mol. The number of hydrogen-bond acceptors (Lipinski definition) is 6. The van der Waals surface area contributed by atoms with Crippen molar-refractivity contribution >= 4 is 21.4 Å². The summed E-state index contributed by atoms with van der Waals surface area (Å²) < 4.78 is 71.6. The van der Waals surface area contributed by atoms with Gasteiger partial charge in [-0.1, -0.05) is 20.8 Å². The van der Waals surface area contributed by atoms with E-state index in [0.717, 1.165) is 25.9 Å². The summed E-state index contributed by atoms with van der Waals surface area (Å²) >= 11 is 0. The zero-order valence-corrected chi connectivity index (χ0v) is 26.3. The lowest BCUT2D eigenvalue weighted by Crippen LogP contribution is -2.43. The number of alkyl halides is 3. The second-order valence-electron chi connectivity index (χ2n) is 13.0. The summed E-state index contributed by atoms with van der Waals surface area (Å²) in [4.78, 5) is 17.4. The minimum atomic E-state index is -4.65. The molecule has 1 saturated carbocycles. The maximum atomic E-state index is 14.5. The third-order valence-corrected chi connectivity index (χ3v) is 11.3. The molecule has 1 aliphatic carbocycles. The van der Waals surface area contributed by atoms with Crippen LogP contribution in [0.4, 0.5) is 18.9 Å². The number of aryl methyl sites for hydroxylation is 1. The fourth-order valence-electron chi connectivity index (χ4n) is 7.46. The first-order valence-electron chi connectivity index (χ1n) is 15.2. The van der Waals surface area contributed by atoms with Crippen molar-refractivity contribution in [3.8, 4) is 0 Å². The Hall–Kier alpha value is -3.25. The van der Waals surface area contributed by atoms with Crippen molar-refractivity contribution < 1.29 is 26.4 Å². The molecule has 6 rings (SSSR count). The van der Waals surface area contributed by atoms with Gasteiger partial charge in [0.15, 0.2) is 9.84 Å². The van der Waals surface area contributed by atoms with Crippen molar-refractivity contribution in [2.75, 3.05) is 23.7 Å². The number of halogens is 3. The number of fused-ring (bicyclic) bond motifs is 1. The molecule has 8 nitrogen and oxygen atoms in total. The first-order valence-corrected chi connectivity index (χ1v) is 16.9. The number of anilines is 1. The van der Waals surface area contributed by atoms with Crippen LogP contribution in [0.2, 0.25) is 0 Å². The molecule has 0 bridgehead atoms. The van der Waals surface area contributed by atoms with Crippen LogP contribution in [0.15, 0.2) is 41.6 Å². The van der Waals surface area contributed by atoms with E-state index in [-0.39, 0.29) is 34.0 Å². The van der Waals surface area contributed by atoms with Crippen molar-refractivity contribution in [1.82, 2.24) is 19.7 Å². The van der Waals surface area contributed by atoms with Gasteiger partial charge in [0.05, 0.1) is 28.2 Å². The minimum absolute atomic E-state index is 0.0189. The number of rotatable bonds is 7. The second-order valence-corrected chi connectivity index (χ2v) is 15.3. The summed E-state index contributed by atoms with van der Waals surface area (Å²) in [5.74, 6) is 0.760. The van der Waals surface area contributed by atoms with Crippen molar-refractivity contribution in [1.29, 1.82) is 0 Å². The quantitative estimate of drug-likeness (QED) is 0.332. The van der Waals surface area contributed by atoms with E-state index in [1.54, 1.807) is 31.5 Å². The number of benzene rings is 2. The Morgan fingerprint density at radius 3 is 2.43 bits per heavy atom. The normalized spacial score (nSPS) is 24.4. The molecule has 44 heavy (non-hydrogen) atoms. The summed E-state index contributed by atoms with van der Waals surface area (Å²) in [6.07, 6.45) is 0.405. The number of sulfone groups is 1. The van der Waals surface area contributed by atoms with Crippen LogP contribution in [0, 0.1) is 11.8 Å². The van der Waals surface area contributed by atoms with Crippen molar-refractivity contribution in [3.05, 3.63) is 70.3 Å². The molecular weight excluding hydrogens is 591 g/mol. The number of likely N-dealkylation sites (tertiary alicyclic amines) is 1. The first kappa shape index (κ1) is 30.8. The predicted molar refractivity (Wildman–Crippen MR) is 160 cm³/mol. The van der Waals surface area contributed by atoms with E-state index in [1.807, 2.05) is 11.6 Å². The summed E-state index contributed by atoms with van der Waals surface area (Å²) in [6, 6.07) is 7.57. The van der Waals surface area contributed by atoms with Gasteiger partial charge in [-0.2, -0.15) is 13.2 Å². The Kier molecular flexibility index (Phi) is 7.67. The number of hydrogen-bond donors (Lipinski definition) is 0. The van der Waals surface area contributed by atoms with E-state index in [0.29, 0.717) is 48.2 Å². The Morgan fingerprint density at radius 2 is 1.82 bits per heavy atom. The number of carbonyl (C=O) groups is 1. The van der Waals surface area contributed by atoms with E-state index in [2.05, 4.69) is 28.9 Å². The SMILES string of the molecule is CCS(=O)(=O)c1cc(N2Cc3c(cc(CN4CCC[C@H](C)C4)cc3C(F)(F)F)C2=O)cc(C2(c3nncn3C)CC(C)C2)c1. The van der Waals surface area contributed by atoms with Crippen LogP contribution in [0.25, 0.3) is 0 Å². The molecule has 1 atom stereocenters. The van der Waals surface area contributed by atoms with Crippen molar-refractivity contribution in [2.24, 2.45) is 18.9 Å². The molecular formula is C32H38F3N5O3S. The summed E-state index contributed by atoms with van der Waals surface area (Å²) in [5, 5.41) is 8.42. The fourth-order valence-corrected chi connectivity index (χ4v) is 8.41. The van der Waals surface area contributed by atoms with E-state index in [1.165, 1.54) is 17.0 Å². The standard InChI is InChI=1S/C32H38F3N5O3S/c1-5-44(42,43)25-12-23(31(14-21(3)15-31)30-37-36-19-38(30)4)11-24(13-25)40-18-27-26(29(40)41)9-22(10-28(27)32(33,34)35)17-39-8-6-7-20(2)16-39/h9-13,19-21H,5-8,14-18H2,1-4H3/t20-,21?,31?/m0/s1. The highest BCUT2D eigenvalue weighted by Gasteiger charge is 2.49. The van der Waals surface area contributed by atoms with Gasteiger partial charge in [-0.15, -0.1) is 10.2 Å². The third kappa shape index (κ3) is 5.33. The maximum Gasteiger partial charge on any atom is 0.416 e. The zero-order chi connectivity index (χ0) is 31.6. The molecule has 3 aliphatic rings. The number of carbonyl (C=O) groups excluding carboxylic acids is 1. The molecule has 2 aromatic carbocycles. The van der Waals surface area contributed by atoms with Crippen molar-refractivity contribution in [3.63, 3.8) is 0 Å². The second kappa shape index (κ2) is 11.0. The van der Waals surface area contributed by atoms with E-state index < -0.39 is 32.9 Å². The Morgan fingerprint density at radius 1 is 1.07 bits per heavy atom. The van der Waals surface area contributed by atoms with Gasteiger partial charge in [-0.05, 0) is 91.1 Å². The largest absolute Gasteiger partial charge is 0.416 e. The third-order valence-electron chi connectivity index (χ3n) is 9.58. The van der Waals surface area contributed by atoms with Gasteiger partial charge >= 0.3 is 6.18 Å². The Bertz CT molecular complexity index is 1710. The van der Waals surface area contributed by atoms with Gasteiger partial charge < -0.3 is 9.47 Å². The average molecular weight is 630 g/mol. The van der Waals surface area contributed by atoms with E-state index in [9.17, 15) is 26.4 Å². The number of piperidine rings is 1. The highest BCUT2D eigenvalue weighted by atomic mass is 32.2. The molecule has 236 valence electrons. The van der Waals surface area contributed by atoms with Crippen LogP contribution < -0.4 is 4.90 Å². The van der Waals surface area contributed by atoms with Gasteiger partial charge in [0.1, 0.15) is 12.2 Å². The van der Waals surface area contributed by atoms with E-state index in [4.69, 9.17) is 0 Å². The van der Waals surface area contributed by atoms with Crippen LogP contribution in [0.1, 0.15) is 84.9 Å². The topological polar surface area (TPSA) is 88.4 Å². The van der Waals surface area contributed by atoms with Gasteiger partial charge in [0.2, 0.25) is 0 Å². The first-order chi connectivity index (χ1) is 20.7. The lowest BCUT2D eigenvalue weighted by Gasteiger charge is -2.46. The highest BCUT2D eigenvalue weighted by Crippen LogP contribution is 2.53. The van der Waals surface area contributed by atoms with Gasteiger partial charge in [-0.25, -0.2) is 8.42 Å². The molecule has 0 spiro atoms. The van der Waals surface area contributed by atoms with Gasteiger partial charge in [-0.3, -0.25) is 9.69 Å². The smallest absolute Gasteiger partial charge is 0.320 e. The minimum Gasteiger partial charge on any atom is -0.320 e. The van der Waals surface area contributed by atoms with Crippen molar-refractivity contribution in [2.45, 2.75) is 76.0 Å². The predicted octanol–water partition coefficient (Wildman–Crippen LogP) is 5.74. The Labute approximate surface area is 256 Å². The lowest BCUT2D eigenvalue weighted by atomic mass is 9.58. The maximum absolute atomic E-state index is 14.5. The molecule has 1 aromatic heterocycles. The lowest BCUT2D eigenvalue weighted by molar-refractivity contribution is -0.138. The van der Waals surface area contributed by atoms with E-state index >= 15 is 0 Å². The fraction of sp³-hybridized carbons (Fsp3) is 0.531. The molecule has 0 unspecified atom stereocenters. The van der Waals surface area contributed by atoms with Crippen LogP contribution in [-0.4, -0.2) is 52.8 Å². The van der Waals surface area contributed by atoms with Crippen LogP contribution >= 0.6 is 0 Å². The van der Waals surface area contributed by atoms with Crippen LogP contribution in [-0.2, 0) is 41.6 Å². The molecule has 2 aliphatic heterocycles. The summed E-state index contributed by atoms with van der Waals surface area (Å²) in [5.41, 5.74) is -0.133. The average Bonchev–Trinajstić information content (AvgIpc) is 3.53. The zero-order valence-electron chi connectivity index (χ0n) is 25.5. The van der Waals surface area contributed by atoms with Crippen LogP contribution in [0.5, 0.6) is 0 Å². The van der Waals surface area contributed by atoms with Crippen LogP contribution in [0.3, 0.4) is 0 Å². The molecule has 3 aromatic rings. The molecule has 12 heteroatoms. The molecule has 2 fully saturated rings. The number of amides is 1. The summed E-state index contributed by atoms with van der Waals surface area (Å²) in [6.45, 7) is 7.42. The number of aromatic nitrogens is 3. The molecule has 3 heterocycles.